The number of aryl methyl sites for hydroxylation is 2. The number of rotatable bonds is 8. The summed E-state index contributed by atoms with van der Waals surface area (Å²) in [6.07, 6.45) is 0.545. The molecule has 1 aromatic carbocycles. The Labute approximate surface area is 143 Å². The van der Waals surface area contributed by atoms with Crippen LogP contribution in [0.3, 0.4) is 0 Å². The predicted octanol–water partition coefficient (Wildman–Crippen LogP) is 2.09. The molecule has 0 fully saturated rings. The van der Waals surface area contributed by atoms with Crippen LogP contribution in [-0.4, -0.2) is 40.8 Å². The number of aliphatic hydroxyl groups is 1. The average molecular weight is 351 g/mol. The second kappa shape index (κ2) is 7.92. The molecule has 1 aromatic heterocycles. The minimum Gasteiger partial charge on any atom is -0.396 e. The molecule has 0 unspecified atom stereocenters. The summed E-state index contributed by atoms with van der Waals surface area (Å²) >= 11 is 0. The van der Waals surface area contributed by atoms with Crippen molar-refractivity contribution in [2.45, 2.75) is 45.2 Å². The van der Waals surface area contributed by atoms with Crippen molar-refractivity contribution in [2.24, 2.45) is 0 Å². The van der Waals surface area contributed by atoms with E-state index in [0.717, 1.165) is 5.56 Å². The van der Waals surface area contributed by atoms with Crippen molar-refractivity contribution in [3.8, 4) is 0 Å². The van der Waals surface area contributed by atoms with Crippen molar-refractivity contribution in [1.29, 1.82) is 0 Å². The quantitative estimate of drug-likeness (QED) is 0.790. The van der Waals surface area contributed by atoms with Crippen LogP contribution in [0.4, 0.5) is 0 Å². The fourth-order valence-corrected chi connectivity index (χ4v) is 4.58. The van der Waals surface area contributed by atoms with E-state index in [9.17, 15) is 8.42 Å². The van der Waals surface area contributed by atoms with Crippen LogP contribution in [0.1, 0.15) is 30.3 Å². The van der Waals surface area contributed by atoms with E-state index in [2.05, 4.69) is 5.10 Å². The van der Waals surface area contributed by atoms with Gasteiger partial charge in [-0.1, -0.05) is 37.3 Å². The van der Waals surface area contributed by atoms with Gasteiger partial charge in [0.15, 0.2) is 0 Å². The van der Waals surface area contributed by atoms with Crippen LogP contribution >= 0.6 is 0 Å². The van der Waals surface area contributed by atoms with Crippen LogP contribution in [-0.2, 0) is 23.1 Å². The number of aliphatic hydroxyl groups excluding tert-OH is 1. The fourth-order valence-electron chi connectivity index (χ4n) is 2.77. The molecule has 0 saturated carbocycles. The molecule has 0 bridgehead atoms. The molecule has 0 aliphatic carbocycles. The van der Waals surface area contributed by atoms with Crippen molar-refractivity contribution in [3.05, 3.63) is 47.3 Å². The first-order valence-electron chi connectivity index (χ1n) is 8.10. The van der Waals surface area contributed by atoms with Crippen LogP contribution in [0.2, 0.25) is 0 Å². The third-order valence-corrected chi connectivity index (χ3v) is 6.17. The Kier molecular flexibility index (Phi) is 6.15. The van der Waals surface area contributed by atoms with Crippen molar-refractivity contribution in [3.63, 3.8) is 0 Å². The molecule has 1 N–H and O–H groups in total. The van der Waals surface area contributed by atoms with Crippen molar-refractivity contribution in [1.82, 2.24) is 14.1 Å². The number of sulfonamides is 1. The van der Waals surface area contributed by atoms with E-state index in [1.807, 2.05) is 37.3 Å². The van der Waals surface area contributed by atoms with Crippen LogP contribution in [0.25, 0.3) is 0 Å². The minimum atomic E-state index is -3.63. The third kappa shape index (κ3) is 3.85. The summed E-state index contributed by atoms with van der Waals surface area (Å²) in [6, 6.07) is 9.55. The monoisotopic (exact) mass is 351 g/mol. The highest BCUT2D eigenvalue weighted by Crippen LogP contribution is 2.25. The number of hydrogen-bond donors (Lipinski definition) is 1. The Morgan fingerprint density at radius 2 is 1.88 bits per heavy atom. The number of hydrogen-bond acceptors (Lipinski definition) is 4. The molecular formula is C17H25N3O3S. The minimum absolute atomic E-state index is 0.0511. The van der Waals surface area contributed by atoms with Crippen molar-refractivity contribution < 1.29 is 13.5 Å². The maximum atomic E-state index is 13.1. The lowest BCUT2D eigenvalue weighted by Crippen LogP contribution is -2.31. The topological polar surface area (TPSA) is 75.4 Å². The Bertz CT molecular complexity index is 770. The summed E-state index contributed by atoms with van der Waals surface area (Å²) in [5.41, 5.74) is 2.07. The van der Waals surface area contributed by atoms with Crippen LogP contribution in [0.15, 0.2) is 35.2 Å². The molecule has 0 aliphatic heterocycles. The normalized spacial score (nSPS) is 12.0. The second-order valence-electron chi connectivity index (χ2n) is 5.72. The largest absolute Gasteiger partial charge is 0.396 e. The van der Waals surface area contributed by atoms with E-state index >= 15 is 0 Å². The summed E-state index contributed by atoms with van der Waals surface area (Å²) < 4.78 is 29.4. The van der Waals surface area contributed by atoms with Crippen LogP contribution in [0.5, 0.6) is 0 Å². The van der Waals surface area contributed by atoms with E-state index in [0.29, 0.717) is 37.4 Å². The van der Waals surface area contributed by atoms with Gasteiger partial charge in [-0.05, 0) is 25.8 Å². The molecule has 1 heterocycles. The molecule has 0 spiro atoms. The lowest BCUT2D eigenvalue weighted by Gasteiger charge is -2.21. The van der Waals surface area contributed by atoms with Crippen LogP contribution < -0.4 is 0 Å². The highest BCUT2D eigenvalue weighted by atomic mass is 32.2. The highest BCUT2D eigenvalue weighted by molar-refractivity contribution is 7.89. The molecule has 0 atom stereocenters. The molecule has 0 saturated heterocycles. The zero-order valence-electron chi connectivity index (χ0n) is 14.4. The van der Waals surface area contributed by atoms with E-state index < -0.39 is 10.0 Å². The zero-order chi connectivity index (χ0) is 17.7. The van der Waals surface area contributed by atoms with Gasteiger partial charge in [-0.15, -0.1) is 0 Å². The summed E-state index contributed by atoms with van der Waals surface area (Å²) in [5, 5.41) is 13.3. The summed E-state index contributed by atoms with van der Waals surface area (Å²) in [6.45, 7) is 6.59. The molecule has 24 heavy (non-hydrogen) atoms. The van der Waals surface area contributed by atoms with Gasteiger partial charge in [-0.25, -0.2) is 8.42 Å². The SMILES string of the molecule is CCN(Cc1ccccc1)S(=O)(=O)c1c(C)nn(CCCO)c1C. The maximum absolute atomic E-state index is 13.1. The molecule has 132 valence electrons. The van der Waals surface area contributed by atoms with Gasteiger partial charge in [0.1, 0.15) is 4.90 Å². The molecule has 2 rings (SSSR count). The highest BCUT2D eigenvalue weighted by Gasteiger charge is 2.30. The Morgan fingerprint density at radius 3 is 2.46 bits per heavy atom. The van der Waals surface area contributed by atoms with Gasteiger partial charge < -0.3 is 5.11 Å². The maximum Gasteiger partial charge on any atom is 0.247 e. The standard InChI is InChI=1S/C17H25N3O3S/c1-4-19(13-16-9-6-5-7-10-16)24(22,23)17-14(2)18-20(15(17)3)11-8-12-21/h5-7,9-10,21H,4,8,11-13H2,1-3H3. The van der Waals surface area contributed by atoms with Gasteiger partial charge in [0.05, 0.1) is 11.4 Å². The summed E-state index contributed by atoms with van der Waals surface area (Å²) in [5.74, 6) is 0. The lowest BCUT2D eigenvalue weighted by molar-refractivity contribution is 0.276. The molecule has 0 amide bonds. The number of aromatic nitrogens is 2. The molecule has 2 aromatic rings. The van der Waals surface area contributed by atoms with Gasteiger partial charge in [-0.3, -0.25) is 4.68 Å². The van der Waals surface area contributed by atoms with E-state index in [-0.39, 0.29) is 11.5 Å². The Balaban J connectivity index is 2.36. The fraction of sp³-hybridized carbons (Fsp3) is 0.471. The third-order valence-electron chi connectivity index (χ3n) is 4.00. The van der Waals surface area contributed by atoms with Crippen molar-refractivity contribution >= 4 is 10.0 Å². The van der Waals surface area contributed by atoms with Crippen LogP contribution in [0, 0.1) is 13.8 Å². The smallest absolute Gasteiger partial charge is 0.247 e. The van der Waals surface area contributed by atoms with E-state index in [1.54, 1.807) is 18.5 Å². The Hall–Kier alpha value is -1.70. The first-order chi connectivity index (χ1) is 11.4. The van der Waals surface area contributed by atoms with Gasteiger partial charge in [-0.2, -0.15) is 9.40 Å². The van der Waals surface area contributed by atoms with Gasteiger partial charge in [0.2, 0.25) is 10.0 Å². The summed E-state index contributed by atoms with van der Waals surface area (Å²) in [7, 11) is -3.63. The first-order valence-corrected chi connectivity index (χ1v) is 9.54. The van der Waals surface area contributed by atoms with Gasteiger partial charge in [0.25, 0.3) is 0 Å². The van der Waals surface area contributed by atoms with E-state index in [1.165, 1.54) is 4.31 Å². The molecular weight excluding hydrogens is 326 g/mol. The van der Waals surface area contributed by atoms with Crippen molar-refractivity contribution in [2.75, 3.05) is 13.2 Å². The number of nitrogens with zero attached hydrogens (tertiary/aromatic N) is 3. The Morgan fingerprint density at radius 1 is 1.21 bits per heavy atom. The van der Waals surface area contributed by atoms with Gasteiger partial charge >= 0.3 is 0 Å². The lowest BCUT2D eigenvalue weighted by atomic mass is 10.2. The summed E-state index contributed by atoms with van der Waals surface area (Å²) in [4.78, 5) is 0.276. The molecule has 0 radical (unpaired) electrons. The molecule has 0 aliphatic rings. The average Bonchev–Trinajstić information content (AvgIpc) is 2.85. The molecule has 6 nitrogen and oxygen atoms in total. The number of benzene rings is 1. The second-order valence-corrected chi connectivity index (χ2v) is 7.59. The van der Waals surface area contributed by atoms with E-state index in [4.69, 9.17) is 5.11 Å². The predicted molar refractivity (Wildman–Crippen MR) is 93.1 cm³/mol. The molecule has 7 heteroatoms. The zero-order valence-corrected chi connectivity index (χ0v) is 15.3. The van der Waals surface area contributed by atoms with Gasteiger partial charge in [0, 0.05) is 26.2 Å². The first kappa shape index (κ1) is 18.6.